The molecule has 0 aromatic heterocycles. The van der Waals surface area contributed by atoms with Gasteiger partial charge < -0.3 is 10.1 Å². The number of nitrogens with two attached hydrogens (primary N) is 1. The first-order valence-corrected chi connectivity index (χ1v) is 6.09. The standard InChI is InChI=1S/C6H16NO2Si/c1-3-5-10(7,8)6-9-4-2/h3-7H2,1-2H3. The van der Waals surface area contributed by atoms with Crippen LogP contribution in [-0.2, 0) is 9.53 Å². The molecule has 0 aromatic rings. The number of hydrogen-bond acceptors (Lipinski definition) is 2. The highest BCUT2D eigenvalue weighted by molar-refractivity contribution is 6.68. The predicted octanol–water partition coefficient (Wildman–Crippen LogP) is 0.804. The average Bonchev–Trinajstić information content (AvgIpc) is 1.84. The van der Waals surface area contributed by atoms with Gasteiger partial charge in [-0.2, -0.15) is 0 Å². The van der Waals surface area contributed by atoms with E-state index in [1.165, 1.54) is 0 Å². The molecular formula is C6H16NO2Si. The summed E-state index contributed by atoms with van der Waals surface area (Å²) in [5.41, 5.74) is 0. The molecule has 4 heteroatoms. The Kier molecular flexibility index (Phi) is 4.89. The number of hydrogen-bond donors (Lipinski definition) is 1. The second-order valence-corrected chi connectivity index (χ2v) is 5.37. The molecule has 1 atom stereocenters. The summed E-state index contributed by atoms with van der Waals surface area (Å²) >= 11 is 0. The Bertz CT molecular complexity index is 87.8. The van der Waals surface area contributed by atoms with E-state index in [0.717, 1.165) is 6.42 Å². The van der Waals surface area contributed by atoms with Gasteiger partial charge in [-0.25, -0.2) is 0 Å². The summed E-state index contributed by atoms with van der Waals surface area (Å²) in [6, 6.07) is 0.618. The first-order valence-electron chi connectivity index (χ1n) is 3.69. The summed E-state index contributed by atoms with van der Waals surface area (Å²) in [6.45, 7) is 4.44. The Morgan fingerprint density at radius 3 is 2.50 bits per heavy atom. The predicted molar refractivity (Wildman–Crippen MR) is 42.2 cm³/mol. The maximum atomic E-state index is 11.3. The molecule has 0 saturated carbocycles. The van der Waals surface area contributed by atoms with Gasteiger partial charge in [0.05, 0.1) is 6.23 Å². The second kappa shape index (κ2) is 4.84. The molecule has 0 rings (SSSR count). The van der Waals surface area contributed by atoms with Gasteiger partial charge >= 0.3 is 8.48 Å². The second-order valence-electron chi connectivity index (χ2n) is 2.45. The molecule has 0 aromatic carbocycles. The van der Waals surface area contributed by atoms with Crippen LogP contribution in [0.4, 0.5) is 0 Å². The molecule has 61 valence electrons. The van der Waals surface area contributed by atoms with Crippen molar-refractivity contribution in [3.63, 3.8) is 0 Å². The van der Waals surface area contributed by atoms with Crippen molar-refractivity contribution in [2.45, 2.75) is 26.3 Å². The summed E-state index contributed by atoms with van der Waals surface area (Å²) in [5, 5.41) is 5.47. The number of ether oxygens (including phenoxy) is 1. The van der Waals surface area contributed by atoms with Gasteiger partial charge in [0.2, 0.25) is 0 Å². The quantitative estimate of drug-likeness (QED) is 0.608. The van der Waals surface area contributed by atoms with Crippen LogP contribution in [0, 0.1) is 0 Å². The molecule has 1 radical (unpaired) electrons. The van der Waals surface area contributed by atoms with E-state index in [9.17, 15) is 4.80 Å². The highest BCUT2D eigenvalue weighted by Crippen LogP contribution is 2.02. The van der Waals surface area contributed by atoms with Gasteiger partial charge in [0.25, 0.3) is 0 Å². The summed E-state index contributed by atoms with van der Waals surface area (Å²) in [5.74, 6) is 0. The first-order chi connectivity index (χ1) is 4.62. The topological polar surface area (TPSA) is 55.2 Å². The lowest BCUT2D eigenvalue weighted by atomic mass is 10.6. The van der Waals surface area contributed by atoms with Gasteiger partial charge in [0.1, 0.15) is 0 Å². The Labute approximate surface area is 63.4 Å². The average molecular weight is 162 g/mol. The molecule has 10 heavy (non-hydrogen) atoms. The fraction of sp³-hybridized carbons (Fsp3) is 1.00. The van der Waals surface area contributed by atoms with Crippen LogP contribution in [0.2, 0.25) is 6.04 Å². The van der Waals surface area contributed by atoms with Crippen LogP contribution >= 0.6 is 0 Å². The van der Waals surface area contributed by atoms with Gasteiger partial charge in [0.15, 0.2) is 0 Å². The van der Waals surface area contributed by atoms with Crippen LogP contribution in [0.25, 0.3) is 0 Å². The van der Waals surface area contributed by atoms with Crippen molar-refractivity contribution in [1.29, 1.82) is 0 Å². The molecule has 0 amide bonds. The molecule has 0 saturated heterocycles. The van der Waals surface area contributed by atoms with Crippen LogP contribution in [0.5, 0.6) is 0 Å². The minimum atomic E-state index is -2.70. The van der Waals surface area contributed by atoms with E-state index in [2.05, 4.69) is 0 Å². The maximum Gasteiger partial charge on any atom is 0.332 e. The molecule has 0 bridgehead atoms. The van der Waals surface area contributed by atoms with Crippen LogP contribution in [0.15, 0.2) is 0 Å². The van der Waals surface area contributed by atoms with E-state index in [1.54, 1.807) is 0 Å². The minimum absolute atomic E-state index is 0.261. The Morgan fingerprint density at radius 2 is 2.10 bits per heavy atom. The van der Waals surface area contributed by atoms with E-state index >= 15 is 0 Å². The smallest absolute Gasteiger partial charge is 0.332 e. The minimum Gasteiger partial charge on any atom is -0.381 e. The van der Waals surface area contributed by atoms with E-state index in [-0.39, 0.29) is 6.23 Å². The van der Waals surface area contributed by atoms with Gasteiger partial charge in [-0.3, -0.25) is 4.80 Å². The fourth-order valence-corrected chi connectivity index (χ4v) is 2.31. The SMILES string of the molecule is CCC[Si](N)([O])COCC. The highest BCUT2D eigenvalue weighted by atomic mass is 28.4. The Balaban J connectivity index is 3.42. The van der Waals surface area contributed by atoms with Crippen LogP contribution < -0.4 is 5.40 Å². The highest BCUT2D eigenvalue weighted by Gasteiger charge is 2.27. The van der Waals surface area contributed by atoms with Gasteiger partial charge in [-0.15, -0.1) is 0 Å². The Hall–Kier alpha value is 0.0969. The summed E-state index contributed by atoms with van der Waals surface area (Å²) in [7, 11) is -2.70. The van der Waals surface area contributed by atoms with Gasteiger partial charge in [-0.1, -0.05) is 13.3 Å². The molecule has 0 heterocycles. The molecule has 0 aliphatic carbocycles. The van der Waals surface area contributed by atoms with Crippen molar-refractivity contribution in [3.05, 3.63) is 0 Å². The van der Waals surface area contributed by atoms with Crippen LogP contribution in [-0.4, -0.2) is 21.3 Å². The lowest BCUT2D eigenvalue weighted by Crippen LogP contribution is -2.49. The molecule has 0 fully saturated rings. The molecule has 0 spiro atoms. The number of rotatable bonds is 5. The van der Waals surface area contributed by atoms with Crippen molar-refractivity contribution < 1.29 is 9.53 Å². The zero-order valence-corrected chi connectivity index (χ0v) is 7.72. The van der Waals surface area contributed by atoms with Crippen molar-refractivity contribution in [2.24, 2.45) is 5.40 Å². The summed E-state index contributed by atoms with van der Waals surface area (Å²) in [6.07, 6.45) is 1.14. The zero-order chi connectivity index (χ0) is 8.04. The Morgan fingerprint density at radius 1 is 1.50 bits per heavy atom. The normalized spacial score (nSPS) is 16.8. The monoisotopic (exact) mass is 162 g/mol. The van der Waals surface area contributed by atoms with Crippen molar-refractivity contribution in [2.75, 3.05) is 12.8 Å². The maximum absolute atomic E-state index is 11.3. The zero-order valence-electron chi connectivity index (χ0n) is 6.72. The van der Waals surface area contributed by atoms with Crippen LogP contribution in [0.3, 0.4) is 0 Å². The third-order valence-corrected chi connectivity index (χ3v) is 3.26. The lowest BCUT2D eigenvalue weighted by Gasteiger charge is -2.14. The summed E-state index contributed by atoms with van der Waals surface area (Å²) < 4.78 is 4.98. The van der Waals surface area contributed by atoms with E-state index < -0.39 is 8.48 Å². The fourth-order valence-electron chi connectivity index (χ4n) is 0.770. The molecule has 0 aliphatic heterocycles. The van der Waals surface area contributed by atoms with Gasteiger partial charge in [0, 0.05) is 6.61 Å². The van der Waals surface area contributed by atoms with E-state index in [0.29, 0.717) is 12.7 Å². The van der Waals surface area contributed by atoms with E-state index in [4.69, 9.17) is 10.1 Å². The van der Waals surface area contributed by atoms with Crippen LogP contribution in [0.1, 0.15) is 20.3 Å². The third-order valence-electron chi connectivity index (χ3n) is 1.22. The van der Waals surface area contributed by atoms with Crippen molar-refractivity contribution >= 4 is 8.48 Å². The van der Waals surface area contributed by atoms with Gasteiger partial charge in [-0.05, 0) is 13.0 Å². The summed E-state index contributed by atoms with van der Waals surface area (Å²) in [4.78, 5) is 11.3. The third kappa shape index (κ3) is 4.93. The molecule has 3 nitrogen and oxygen atoms in total. The lowest BCUT2D eigenvalue weighted by molar-refractivity contribution is 0.169. The largest absolute Gasteiger partial charge is 0.381 e. The van der Waals surface area contributed by atoms with Crippen molar-refractivity contribution in [3.8, 4) is 0 Å². The molecular weight excluding hydrogens is 146 g/mol. The van der Waals surface area contributed by atoms with E-state index in [1.807, 2.05) is 13.8 Å². The molecule has 0 aliphatic rings. The molecule has 1 unspecified atom stereocenters. The van der Waals surface area contributed by atoms with Crippen molar-refractivity contribution in [1.82, 2.24) is 0 Å². The molecule has 2 N–H and O–H groups in total. The first kappa shape index (κ1) is 10.1.